The van der Waals surface area contributed by atoms with Crippen molar-refractivity contribution in [2.75, 3.05) is 7.11 Å². The molecule has 1 saturated heterocycles. The molecule has 0 radical (unpaired) electrons. The molecule has 1 amide bonds. The Hall–Kier alpha value is -2.75. The van der Waals surface area contributed by atoms with Gasteiger partial charge in [-0.1, -0.05) is 30.3 Å². The first-order valence-electron chi connectivity index (χ1n) is 8.24. The van der Waals surface area contributed by atoms with Crippen molar-refractivity contribution in [1.82, 2.24) is 9.47 Å². The number of fused-ring (bicyclic) bond motifs is 1. The Labute approximate surface area is 141 Å². The number of ether oxygens (including phenoxy) is 1. The van der Waals surface area contributed by atoms with E-state index in [1.165, 1.54) is 0 Å². The highest BCUT2D eigenvalue weighted by molar-refractivity contribution is 5.83. The summed E-state index contributed by atoms with van der Waals surface area (Å²) in [5.41, 5.74) is 2.26. The zero-order chi connectivity index (χ0) is 16.5. The van der Waals surface area contributed by atoms with Crippen LogP contribution in [0.2, 0.25) is 0 Å². The smallest absolute Gasteiger partial charge is 0.224 e. The zero-order valence-corrected chi connectivity index (χ0v) is 13.7. The van der Waals surface area contributed by atoms with Gasteiger partial charge < -0.3 is 14.2 Å². The quantitative estimate of drug-likeness (QED) is 0.729. The third kappa shape index (κ3) is 2.54. The Morgan fingerprint density at radius 1 is 1.12 bits per heavy atom. The third-order valence-electron chi connectivity index (χ3n) is 4.74. The first kappa shape index (κ1) is 14.8. The van der Waals surface area contributed by atoms with Gasteiger partial charge in [0.1, 0.15) is 11.9 Å². The Morgan fingerprint density at radius 3 is 2.75 bits per heavy atom. The molecule has 0 N–H and O–H groups in total. The lowest BCUT2D eigenvalue weighted by Gasteiger charge is -2.27. The van der Waals surface area contributed by atoms with Crippen LogP contribution in [0.5, 0.6) is 5.75 Å². The van der Waals surface area contributed by atoms with Crippen LogP contribution < -0.4 is 4.74 Å². The first-order chi connectivity index (χ1) is 11.8. The fourth-order valence-corrected chi connectivity index (χ4v) is 3.50. The normalized spacial score (nSPS) is 17.6. The number of amides is 1. The second-order valence-corrected chi connectivity index (χ2v) is 6.17. The van der Waals surface area contributed by atoms with Crippen molar-refractivity contribution in [3.63, 3.8) is 0 Å². The average Bonchev–Trinajstić information content (AvgIpc) is 3.19. The van der Waals surface area contributed by atoms with E-state index < -0.39 is 0 Å². The van der Waals surface area contributed by atoms with E-state index in [0.717, 1.165) is 28.6 Å². The van der Waals surface area contributed by atoms with Crippen LogP contribution >= 0.6 is 0 Å². The highest BCUT2D eigenvalue weighted by atomic mass is 16.5. The Bertz CT molecular complexity index is 870. The molecule has 0 saturated carbocycles. The largest absolute Gasteiger partial charge is 0.497 e. The van der Waals surface area contributed by atoms with E-state index >= 15 is 0 Å². The number of hydrogen-bond acceptors (Lipinski definition) is 2. The Morgan fingerprint density at radius 2 is 1.96 bits per heavy atom. The lowest BCUT2D eigenvalue weighted by Crippen LogP contribution is -2.30. The second-order valence-electron chi connectivity index (χ2n) is 6.17. The minimum Gasteiger partial charge on any atom is -0.497 e. The molecule has 24 heavy (non-hydrogen) atoms. The van der Waals surface area contributed by atoms with E-state index in [0.29, 0.717) is 13.0 Å². The predicted octanol–water partition coefficient (Wildman–Crippen LogP) is 3.97. The lowest BCUT2D eigenvalue weighted by atomic mass is 10.2. The summed E-state index contributed by atoms with van der Waals surface area (Å²) in [7, 11) is 1.68. The number of aromatic nitrogens is 1. The number of carbonyl (C=O) groups is 1. The van der Waals surface area contributed by atoms with Crippen molar-refractivity contribution < 1.29 is 9.53 Å². The monoisotopic (exact) mass is 320 g/mol. The number of likely N-dealkylation sites (tertiary alicyclic amines) is 1. The summed E-state index contributed by atoms with van der Waals surface area (Å²) in [6.07, 6.45) is 3.57. The van der Waals surface area contributed by atoms with Gasteiger partial charge in [0.2, 0.25) is 5.91 Å². The van der Waals surface area contributed by atoms with Gasteiger partial charge in [0.15, 0.2) is 0 Å². The maximum atomic E-state index is 12.4. The van der Waals surface area contributed by atoms with Gasteiger partial charge in [-0.05, 0) is 35.6 Å². The van der Waals surface area contributed by atoms with Crippen molar-refractivity contribution >= 4 is 16.8 Å². The maximum Gasteiger partial charge on any atom is 0.224 e. The van der Waals surface area contributed by atoms with E-state index in [2.05, 4.69) is 35.0 Å². The SMILES string of the molecule is COc1ccc2ccn([C@@H]3CCC(=O)N3Cc3ccccc3)c2c1. The topological polar surface area (TPSA) is 34.5 Å². The summed E-state index contributed by atoms with van der Waals surface area (Å²) < 4.78 is 7.56. The second kappa shape index (κ2) is 6.04. The summed E-state index contributed by atoms with van der Waals surface area (Å²) in [5.74, 6) is 1.05. The van der Waals surface area contributed by atoms with E-state index in [-0.39, 0.29) is 12.1 Å². The number of benzene rings is 2. The van der Waals surface area contributed by atoms with Crippen LogP contribution in [-0.4, -0.2) is 22.5 Å². The van der Waals surface area contributed by atoms with Crippen LogP contribution in [0.25, 0.3) is 10.9 Å². The van der Waals surface area contributed by atoms with E-state index in [1.54, 1.807) is 7.11 Å². The van der Waals surface area contributed by atoms with Gasteiger partial charge in [-0.3, -0.25) is 4.79 Å². The van der Waals surface area contributed by atoms with Gasteiger partial charge in [0.05, 0.1) is 12.6 Å². The van der Waals surface area contributed by atoms with Crippen LogP contribution in [0.4, 0.5) is 0 Å². The lowest BCUT2D eigenvalue weighted by molar-refractivity contribution is -0.130. The standard InChI is InChI=1S/C20H20N2O2/c1-24-17-8-7-16-11-12-21(18(16)13-17)19-9-10-20(23)22(19)14-15-5-3-2-4-6-15/h2-8,11-13,19H,9-10,14H2,1H3/t19-/m0/s1. The van der Waals surface area contributed by atoms with Crippen molar-refractivity contribution in [3.8, 4) is 5.75 Å². The molecule has 1 aromatic heterocycles. The highest BCUT2D eigenvalue weighted by Crippen LogP contribution is 2.34. The molecule has 0 spiro atoms. The van der Waals surface area contributed by atoms with Crippen LogP contribution in [0.15, 0.2) is 60.8 Å². The van der Waals surface area contributed by atoms with Crippen molar-refractivity contribution in [3.05, 3.63) is 66.4 Å². The summed E-state index contributed by atoms with van der Waals surface area (Å²) in [5, 5.41) is 1.16. The molecule has 1 fully saturated rings. The molecule has 4 rings (SSSR count). The molecule has 4 heteroatoms. The van der Waals surface area contributed by atoms with E-state index in [9.17, 15) is 4.79 Å². The summed E-state index contributed by atoms with van der Waals surface area (Å²) in [6, 6.07) is 18.3. The zero-order valence-electron chi connectivity index (χ0n) is 13.7. The molecule has 0 bridgehead atoms. The van der Waals surface area contributed by atoms with Crippen LogP contribution in [0.1, 0.15) is 24.6 Å². The van der Waals surface area contributed by atoms with Crippen molar-refractivity contribution in [2.24, 2.45) is 0 Å². The number of hydrogen-bond donors (Lipinski definition) is 0. The van der Waals surface area contributed by atoms with Crippen LogP contribution in [-0.2, 0) is 11.3 Å². The summed E-state index contributed by atoms with van der Waals surface area (Å²) >= 11 is 0. The Kier molecular flexibility index (Phi) is 3.73. The summed E-state index contributed by atoms with van der Waals surface area (Å²) in [6.45, 7) is 0.647. The molecule has 0 unspecified atom stereocenters. The van der Waals surface area contributed by atoms with Gasteiger partial charge >= 0.3 is 0 Å². The number of nitrogens with zero attached hydrogens (tertiary/aromatic N) is 2. The first-order valence-corrected chi connectivity index (χ1v) is 8.24. The van der Waals surface area contributed by atoms with Crippen molar-refractivity contribution in [1.29, 1.82) is 0 Å². The number of methoxy groups -OCH3 is 1. The average molecular weight is 320 g/mol. The molecule has 1 atom stereocenters. The number of carbonyl (C=O) groups excluding carboxylic acids is 1. The van der Waals surface area contributed by atoms with Gasteiger partial charge in [-0.2, -0.15) is 0 Å². The minimum absolute atomic E-state index is 0.0577. The van der Waals surface area contributed by atoms with E-state index in [1.807, 2.05) is 35.2 Å². The molecule has 4 nitrogen and oxygen atoms in total. The highest BCUT2D eigenvalue weighted by Gasteiger charge is 2.32. The summed E-state index contributed by atoms with van der Waals surface area (Å²) in [4.78, 5) is 14.4. The predicted molar refractivity (Wildman–Crippen MR) is 93.8 cm³/mol. The van der Waals surface area contributed by atoms with Gasteiger partial charge in [-0.15, -0.1) is 0 Å². The molecule has 1 aliphatic heterocycles. The third-order valence-corrected chi connectivity index (χ3v) is 4.74. The minimum atomic E-state index is 0.0577. The fourth-order valence-electron chi connectivity index (χ4n) is 3.50. The number of rotatable bonds is 4. The van der Waals surface area contributed by atoms with Crippen LogP contribution in [0, 0.1) is 0 Å². The Balaban J connectivity index is 1.70. The molecule has 2 aromatic carbocycles. The fraction of sp³-hybridized carbons (Fsp3) is 0.250. The maximum absolute atomic E-state index is 12.4. The molecule has 122 valence electrons. The molecule has 2 heterocycles. The van der Waals surface area contributed by atoms with Gasteiger partial charge in [0, 0.05) is 25.2 Å². The van der Waals surface area contributed by atoms with Gasteiger partial charge in [0.25, 0.3) is 0 Å². The molecular weight excluding hydrogens is 300 g/mol. The van der Waals surface area contributed by atoms with Crippen LogP contribution in [0.3, 0.4) is 0 Å². The molecule has 0 aliphatic carbocycles. The molecule has 3 aromatic rings. The molecular formula is C20H20N2O2. The van der Waals surface area contributed by atoms with Gasteiger partial charge in [-0.25, -0.2) is 0 Å². The molecule has 1 aliphatic rings. The van der Waals surface area contributed by atoms with Crippen molar-refractivity contribution in [2.45, 2.75) is 25.6 Å². The van der Waals surface area contributed by atoms with E-state index in [4.69, 9.17) is 4.74 Å².